The number of ether oxygens (including phenoxy) is 1. The van der Waals surface area contributed by atoms with Crippen LogP contribution in [0.2, 0.25) is 0 Å². The molecule has 0 aromatic heterocycles. The Hall–Kier alpha value is -1.55. The molecule has 0 unspecified atom stereocenters. The van der Waals surface area contributed by atoms with Crippen LogP contribution in [0.25, 0.3) is 0 Å². The highest BCUT2D eigenvalue weighted by Crippen LogP contribution is 2.39. The summed E-state index contributed by atoms with van der Waals surface area (Å²) >= 11 is 0. The van der Waals surface area contributed by atoms with E-state index in [1.165, 1.54) is 0 Å². The van der Waals surface area contributed by atoms with E-state index in [0.29, 0.717) is 16.7 Å². The second kappa shape index (κ2) is 6.06. The van der Waals surface area contributed by atoms with E-state index < -0.39 is 5.97 Å². The van der Waals surface area contributed by atoms with Gasteiger partial charge in [0.25, 0.3) is 0 Å². The zero-order valence-electron chi connectivity index (χ0n) is 13.8. The number of phenolic OH excluding ortho intramolecular Hbond substituents is 1. The van der Waals surface area contributed by atoms with Gasteiger partial charge < -0.3 is 14.9 Å². The number of benzene rings is 1. The fourth-order valence-electron chi connectivity index (χ4n) is 2.12. The first-order valence-corrected chi connectivity index (χ1v) is 7.14. The molecule has 0 saturated carbocycles. The summed E-state index contributed by atoms with van der Waals surface area (Å²) in [7, 11) is 0. The van der Waals surface area contributed by atoms with Crippen LogP contribution in [-0.4, -0.2) is 29.4 Å². The lowest BCUT2D eigenvalue weighted by molar-refractivity contribution is 0.0433. The molecule has 0 atom stereocenters. The fraction of sp³-hybridized carbons (Fsp3) is 0.588. The first kappa shape index (κ1) is 17.5. The molecule has 0 heterocycles. The van der Waals surface area contributed by atoms with Gasteiger partial charge in [-0.2, -0.15) is 0 Å². The van der Waals surface area contributed by atoms with Crippen molar-refractivity contribution in [2.45, 2.75) is 52.4 Å². The van der Waals surface area contributed by atoms with Crippen molar-refractivity contribution >= 4 is 5.97 Å². The highest BCUT2D eigenvalue weighted by molar-refractivity contribution is 5.90. The van der Waals surface area contributed by atoms with E-state index in [2.05, 4.69) is 0 Å². The monoisotopic (exact) mass is 294 g/mol. The van der Waals surface area contributed by atoms with Gasteiger partial charge in [0.15, 0.2) is 0 Å². The minimum Gasteiger partial charge on any atom is -0.507 e. The molecule has 0 aliphatic rings. The summed E-state index contributed by atoms with van der Waals surface area (Å²) in [4.78, 5) is 12.1. The number of esters is 1. The number of phenols is 1. The second-order valence-electron chi connectivity index (χ2n) is 7.28. The summed E-state index contributed by atoms with van der Waals surface area (Å²) in [5.41, 5.74) is 1.24. The van der Waals surface area contributed by atoms with Crippen LogP contribution in [0.15, 0.2) is 12.1 Å². The highest BCUT2D eigenvalue weighted by Gasteiger charge is 2.28. The van der Waals surface area contributed by atoms with E-state index in [4.69, 9.17) is 9.84 Å². The third-order valence-electron chi connectivity index (χ3n) is 3.29. The molecule has 1 aromatic carbocycles. The molecule has 118 valence electrons. The normalized spacial score (nSPS) is 12.3. The number of hydrogen-bond acceptors (Lipinski definition) is 4. The number of carbonyl (C=O) groups is 1. The van der Waals surface area contributed by atoms with Gasteiger partial charge in [-0.05, 0) is 23.0 Å². The molecule has 21 heavy (non-hydrogen) atoms. The van der Waals surface area contributed by atoms with Crippen LogP contribution < -0.4 is 0 Å². The zero-order valence-corrected chi connectivity index (χ0v) is 13.8. The van der Waals surface area contributed by atoms with E-state index in [9.17, 15) is 9.90 Å². The highest BCUT2D eigenvalue weighted by atomic mass is 16.5. The van der Waals surface area contributed by atoms with Crippen molar-refractivity contribution in [1.82, 2.24) is 0 Å². The second-order valence-corrected chi connectivity index (χ2v) is 7.28. The van der Waals surface area contributed by atoms with Crippen LogP contribution in [0.5, 0.6) is 5.75 Å². The van der Waals surface area contributed by atoms with Crippen LogP contribution in [-0.2, 0) is 15.6 Å². The van der Waals surface area contributed by atoms with Crippen LogP contribution in [0.3, 0.4) is 0 Å². The molecule has 0 aliphatic carbocycles. The van der Waals surface area contributed by atoms with Crippen LogP contribution in [0.4, 0.5) is 0 Å². The van der Waals surface area contributed by atoms with Crippen LogP contribution in [0, 0.1) is 0 Å². The summed E-state index contributed by atoms with van der Waals surface area (Å²) in [6.45, 7) is 11.7. The standard InChI is InChI=1S/C17H26O4/c1-16(2,3)12-9-11(15(20)21-8-7-18)10-13(14(12)19)17(4,5)6/h9-10,18-19H,7-8H2,1-6H3. The Bertz CT molecular complexity index is 484. The van der Waals surface area contributed by atoms with E-state index in [1.54, 1.807) is 12.1 Å². The summed E-state index contributed by atoms with van der Waals surface area (Å²) in [5, 5.41) is 19.3. The van der Waals surface area contributed by atoms with Gasteiger partial charge >= 0.3 is 5.97 Å². The lowest BCUT2D eigenvalue weighted by Crippen LogP contribution is -2.19. The van der Waals surface area contributed by atoms with E-state index in [0.717, 1.165) is 0 Å². The van der Waals surface area contributed by atoms with Gasteiger partial charge in [0, 0.05) is 11.1 Å². The third kappa shape index (κ3) is 4.21. The van der Waals surface area contributed by atoms with Gasteiger partial charge in [0.2, 0.25) is 0 Å². The Kier molecular flexibility index (Phi) is 5.05. The first-order valence-electron chi connectivity index (χ1n) is 7.14. The number of aliphatic hydroxyl groups is 1. The fourth-order valence-corrected chi connectivity index (χ4v) is 2.12. The van der Waals surface area contributed by atoms with Crippen molar-refractivity contribution in [2.24, 2.45) is 0 Å². The molecule has 0 bridgehead atoms. The number of hydrogen-bond donors (Lipinski definition) is 2. The molecular weight excluding hydrogens is 268 g/mol. The van der Waals surface area contributed by atoms with E-state index in [1.807, 2.05) is 41.5 Å². The predicted octanol–water partition coefficient (Wildman–Crippen LogP) is 3.14. The minimum absolute atomic E-state index is 0.0323. The van der Waals surface area contributed by atoms with Gasteiger partial charge in [0.05, 0.1) is 12.2 Å². The summed E-state index contributed by atoms with van der Waals surface area (Å²) in [5.74, 6) is -0.256. The van der Waals surface area contributed by atoms with Crippen molar-refractivity contribution in [3.63, 3.8) is 0 Å². The smallest absolute Gasteiger partial charge is 0.338 e. The molecule has 4 nitrogen and oxygen atoms in total. The summed E-state index contributed by atoms with van der Waals surface area (Å²) < 4.78 is 4.98. The Morgan fingerprint density at radius 3 is 1.81 bits per heavy atom. The Balaban J connectivity index is 3.44. The number of rotatable bonds is 3. The van der Waals surface area contributed by atoms with Gasteiger partial charge in [-0.15, -0.1) is 0 Å². The lowest BCUT2D eigenvalue weighted by Gasteiger charge is -2.27. The Morgan fingerprint density at radius 1 is 1.05 bits per heavy atom. The molecule has 0 saturated heterocycles. The maximum absolute atomic E-state index is 12.1. The molecule has 0 amide bonds. The third-order valence-corrected chi connectivity index (χ3v) is 3.29. The van der Waals surface area contributed by atoms with Crippen LogP contribution in [0.1, 0.15) is 63.0 Å². The van der Waals surface area contributed by atoms with Crippen molar-refractivity contribution in [2.75, 3.05) is 13.2 Å². The zero-order chi connectivity index (χ0) is 16.4. The van der Waals surface area contributed by atoms with Crippen molar-refractivity contribution in [1.29, 1.82) is 0 Å². The Morgan fingerprint density at radius 2 is 1.48 bits per heavy atom. The molecule has 0 aliphatic heterocycles. The molecular formula is C17H26O4. The predicted molar refractivity (Wildman–Crippen MR) is 82.9 cm³/mol. The average Bonchev–Trinajstić information content (AvgIpc) is 2.33. The lowest BCUT2D eigenvalue weighted by atomic mass is 9.78. The Labute approximate surface area is 126 Å². The topological polar surface area (TPSA) is 66.8 Å². The number of carbonyl (C=O) groups excluding carboxylic acids is 1. The molecule has 1 aromatic rings. The van der Waals surface area contributed by atoms with Gasteiger partial charge in [-0.1, -0.05) is 41.5 Å². The van der Waals surface area contributed by atoms with Gasteiger partial charge in [0.1, 0.15) is 12.4 Å². The molecule has 1 rings (SSSR count). The molecule has 0 radical (unpaired) electrons. The molecule has 0 spiro atoms. The largest absolute Gasteiger partial charge is 0.507 e. The summed E-state index contributed by atoms with van der Waals surface area (Å²) in [6, 6.07) is 3.34. The molecule has 4 heteroatoms. The average molecular weight is 294 g/mol. The van der Waals surface area contributed by atoms with E-state index >= 15 is 0 Å². The van der Waals surface area contributed by atoms with Crippen molar-refractivity contribution in [3.05, 3.63) is 28.8 Å². The van der Waals surface area contributed by atoms with Gasteiger partial charge in [-0.25, -0.2) is 4.79 Å². The SMILES string of the molecule is CC(C)(C)c1cc(C(=O)OCCO)cc(C(C)(C)C)c1O. The molecule has 2 N–H and O–H groups in total. The van der Waals surface area contributed by atoms with Gasteiger partial charge in [-0.3, -0.25) is 0 Å². The van der Waals surface area contributed by atoms with Crippen molar-refractivity contribution in [3.8, 4) is 5.75 Å². The first-order chi connectivity index (χ1) is 9.48. The minimum atomic E-state index is -0.486. The maximum Gasteiger partial charge on any atom is 0.338 e. The van der Waals surface area contributed by atoms with Crippen molar-refractivity contribution < 1.29 is 19.7 Å². The van der Waals surface area contributed by atoms with E-state index in [-0.39, 0.29) is 29.8 Å². The van der Waals surface area contributed by atoms with Crippen LogP contribution >= 0.6 is 0 Å². The number of aliphatic hydroxyl groups excluding tert-OH is 1. The number of aromatic hydroxyl groups is 1. The quantitative estimate of drug-likeness (QED) is 0.840. The maximum atomic E-state index is 12.1. The molecule has 0 fully saturated rings. The summed E-state index contributed by atoms with van der Waals surface area (Å²) in [6.07, 6.45) is 0.